The van der Waals surface area contributed by atoms with E-state index >= 15 is 0 Å². The molecule has 0 atom stereocenters. The van der Waals surface area contributed by atoms with Gasteiger partial charge in [0.2, 0.25) is 0 Å². The molecule has 0 spiro atoms. The summed E-state index contributed by atoms with van der Waals surface area (Å²) in [5.74, 6) is -1.14. The Morgan fingerprint density at radius 3 is 2.39 bits per heavy atom. The molecule has 0 radical (unpaired) electrons. The SMILES string of the molecule is COC/C=C/COc1cc(-n2c(=O)cc(C(F)(F)F)n(C)c2=O)c(F)cc1Cl. The normalized spacial score (nSPS) is 12.0. The highest BCUT2D eigenvalue weighted by atomic mass is 35.5. The van der Waals surface area contributed by atoms with Crippen LogP contribution < -0.4 is 16.0 Å². The van der Waals surface area contributed by atoms with Crippen LogP contribution in [0.1, 0.15) is 5.69 Å². The van der Waals surface area contributed by atoms with Crippen LogP contribution >= 0.6 is 11.6 Å². The minimum Gasteiger partial charge on any atom is -0.488 e. The van der Waals surface area contributed by atoms with E-state index in [-0.39, 0.29) is 32.6 Å². The van der Waals surface area contributed by atoms with Gasteiger partial charge in [-0.25, -0.2) is 13.8 Å². The van der Waals surface area contributed by atoms with Crippen LogP contribution in [0.4, 0.5) is 17.6 Å². The zero-order chi connectivity index (χ0) is 21.1. The summed E-state index contributed by atoms with van der Waals surface area (Å²) in [6, 6.07) is 1.98. The van der Waals surface area contributed by atoms with Gasteiger partial charge in [0.15, 0.2) is 0 Å². The summed E-state index contributed by atoms with van der Waals surface area (Å²) in [6.45, 7) is 0.358. The Labute approximate surface area is 161 Å². The molecule has 0 saturated carbocycles. The summed E-state index contributed by atoms with van der Waals surface area (Å²) in [4.78, 5) is 24.4. The fraction of sp³-hybridized carbons (Fsp3) is 0.294. The Bertz CT molecular complexity index is 1010. The van der Waals surface area contributed by atoms with Gasteiger partial charge in [-0.1, -0.05) is 17.7 Å². The molecule has 1 aromatic carbocycles. The summed E-state index contributed by atoms with van der Waals surface area (Å²) in [7, 11) is 2.32. The first-order valence-corrected chi connectivity index (χ1v) is 8.12. The molecule has 6 nitrogen and oxygen atoms in total. The van der Waals surface area contributed by atoms with Crippen molar-refractivity contribution in [3.63, 3.8) is 0 Å². The van der Waals surface area contributed by atoms with Crippen molar-refractivity contribution in [2.45, 2.75) is 6.18 Å². The van der Waals surface area contributed by atoms with E-state index in [0.717, 1.165) is 19.2 Å². The van der Waals surface area contributed by atoms with E-state index in [1.807, 2.05) is 0 Å². The third-order valence-electron chi connectivity index (χ3n) is 3.62. The van der Waals surface area contributed by atoms with Crippen LogP contribution in [0.25, 0.3) is 5.69 Å². The fourth-order valence-corrected chi connectivity index (χ4v) is 2.49. The molecule has 0 aliphatic carbocycles. The van der Waals surface area contributed by atoms with Crippen molar-refractivity contribution >= 4 is 11.6 Å². The molecule has 2 rings (SSSR count). The molecular weight excluding hydrogens is 408 g/mol. The van der Waals surface area contributed by atoms with E-state index in [4.69, 9.17) is 21.1 Å². The topological polar surface area (TPSA) is 62.5 Å². The second-order valence-electron chi connectivity index (χ2n) is 5.51. The average Bonchev–Trinajstić information content (AvgIpc) is 2.60. The number of hydrogen-bond acceptors (Lipinski definition) is 4. The van der Waals surface area contributed by atoms with Crippen molar-refractivity contribution in [2.75, 3.05) is 20.3 Å². The molecule has 28 heavy (non-hydrogen) atoms. The van der Waals surface area contributed by atoms with Gasteiger partial charge in [-0.2, -0.15) is 13.2 Å². The van der Waals surface area contributed by atoms with Crippen LogP contribution in [0.3, 0.4) is 0 Å². The largest absolute Gasteiger partial charge is 0.488 e. The molecule has 0 unspecified atom stereocenters. The number of alkyl halides is 3. The average molecular weight is 423 g/mol. The van der Waals surface area contributed by atoms with Gasteiger partial charge in [-0.15, -0.1) is 0 Å². The van der Waals surface area contributed by atoms with Gasteiger partial charge in [-0.05, 0) is 12.1 Å². The standard InChI is InChI=1S/C17H15ClF4N2O4/c1-23-14(17(20,21)22)9-15(25)24(16(23)26)12-8-13(10(18)7-11(12)19)28-6-4-3-5-27-2/h3-4,7-9H,5-6H2,1-2H3/b4-3+. The van der Waals surface area contributed by atoms with Crippen molar-refractivity contribution in [3.05, 3.63) is 67.7 Å². The Hall–Kier alpha value is -2.59. The number of ether oxygens (including phenoxy) is 2. The van der Waals surface area contributed by atoms with Gasteiger partial charge in [0.25, 0.3) is 5.56 Å². The molecule has 0 aliphatic heterocycles. The quantitative estimate of drug-likeness (QED) is 0.530. The number of methoxy groups -OCH3 is 1. The van der Waals surface area contributed by atoms with Crippen molar-refractivity contribution in [2.24, 2.45) is 7.05 Å². The third kappa shape index (κ3) is 4.63. The lowest BCUT2D eigenvalue weighted by Gasteiger charge is -2.15. The molecule has 152 valence electrons. The lowest BCUT2D eigenvalue weighted by atomic mass is 10.2. The first-order valence-electron chi connectivity index (χ1n) is 7.74. The molecule has 0 fully saturated rings. The molecule has 11 heteroatoms. The highest BCUT2D eigenvalue weighted by Crippen LogP contribution is 2.30. The zero-order valence-electron chi connectivity index (χ0n) is 14.7. The lowest BCUT2D eigenvalue weighted by molar-refractivity contribution is -0.144. The zero-order valence-corrected chi connectivity index (χ0v) is 15.5. The maximum Gasteiger partial charge on any atom is 0.431 e. The Balaban J connectivity index is 2.54. The lowest BCUT2D eigenvalue weighted by Crippen LogP contribution is -2.41. The molecule has 1 aromatic heterocycles. The maximum absolute atomic E-state index is 14.3. The van der Waals surface area contributed by atoms with Crippen molar-refractivity contribution in [1.82, 2.24) is 9.13 Å². The van der Waals surface area contributed by atoms with Crippen molar-refractivity contribution in [3.8, 4) is 11.4 Å². The van der Waals surface area contributed by atoms with E-state index in [0.29, 0.717) is 6.61 Å². The van der Waals surface area contributed by atoms with Crippen LogP contribution in [-0.4, -0.2) is 29.5 Å². The number of benzene rings is 1. The summed E-state index contributed by atoms with van der Waals surface area (Å²) < 4.78 is 63.8. The van der Waals surface area contributed by atoms with Gasteiger partial charge in [0.1, 0.15) is 23.9 Å². The molecule has 1 heterocycles. The number of rotatable bonds is 6. The number of halogens is 5. The summed E-state index contributed by atoms with van der Waals surface area (Å²) in [6.07, 6.45) is -1.69. The van der Waals surface area contributed by atoms with Gasteiger partial charge in [0.05, 0.1) is 17.3 Å². The molecule has 0 bridgehead atoms. The number of hydrogen-bond donors (Lipinski definition) is 0. The molecule has 0 aliphatic rings. The monoisotopic (exact) mass is 422 g/mol. The second kappa shape index (κ2) is 8.61. The van der Waals surface area contributed by atoms with Crippen molar-refractivity contribution < 1.29 is 27.0 Å². The smallest absolute Gasteiger partial charge is 0.431 e. The van der Waals surface area contributed by atoms with Crippen LogP contribution in [0.5, 0.6) is 5.75 Å². The van der Waals surface area contributed by atoms with Crippen molar-refractivity contribution in [1.29, 1.82) is 0 Å². The van der Waals surface area contributed by atoms with Gasteiger partial charge in [0, 0.05) is 26.3 Å². The fourth-order valence-electron chi connectivity index (χ4n) is 2.29. The van der Waals surface area contributed by atoms with E-state index < -0.39 is 34.6 Å². The minimum absolute atomic E-state index is 0.0219. The van der Waals surface area contributed by atoms with Crippen LogP contribution in [0, 0.1) is 5.82 Å². The molecule has 0 N–H and O–H groups in total. The first-order chi connectivity index (χ1) is 13.1. The van der Waals surface area contributed by atoms with Gasteiger partial charge < -0.3 is 9.47 Å². The first kappa shape index (κ1) is 21.7. The summed E-state index contributed by atoms with van der Waals surface area (Å²) >= 11 is 5.89. The molecular formula is C17H15ClF4N2O4. The Morgan fingerprint density at radius 2 is 1.79 bits per heavy atom. The Morgan fingerprint density at radius 1 is 1.14 bits per heavy atom. The highest BCUT2D eigenvalue weighted by Gasteiger charge is 2.35. The molecule has 2 aromatic rings. The summed E-state index contributed by atoms with van der Waals surface area (Å²) in [5, 5.41) is -0.141. The number of aromatic nitrogens is 2. The van der Waals surface area contributed by atoms with Crippen LogP contribution in [-0.2, 0) is 18.0 Å². The van der Waals surface area contributed by atoms with E-state index in [1.165, 1.54) is 7.11 Å². The predicted molar refractivity (Wildman–Crippen MR) is 93.8 cm³/mol. The Kier molecular flexibility index (Phi) is 6.68. The minimum atomic E-state index is -4.92. The van der Waals surface area contributed by atoms with E-state index in [9.17, 15) is 27.2 Å². The van der Waals surface area contributed by atoms with Crippen LogP contribution in [0.2, 0.25) is 5.02 Å². The molecule has 0 saturated heterocycles. The van der Waals surface area contributed by atoms with E-state index in [1.54, 1.807) is 12.2 Å². The number of nitrogens with zero attached hydrogens (tertiary/aromatic N) is 2. The molecule has 0 amide bonds. The van der Waals surface area contributed by atoms with Crippen LogP contribution in [0.15, 0.2) is 39.9 Å². The third-order valence-corrected chi connectivity index (χ3v) is 3.91. The maximum atomic E-state index is 14.3. The van der Waals surface area contributed by atoms with Gasteiger partial charge >= 0.3 is 11.9 Å². The predicted octanol–water partition coefficient (Wildman–Crippen LogP) is 2.93. The van der Waals surface area contributed by atoms with E-state index in [2.05, 4.69) is 0 Å². The second-order valence-corrected chi connectivity index (χ2v) is 5.92. The highest BCUT2D eigenvalue weighted by molar-refractivity contribution is 6.32. The summed E-state index contributed by atoms with van der Waals surface area (Å²) in [5.41, 5.74) is -4.75. The van der Waals surface area contributed by atoms with Gasteiger partial charge in [-0.3, -0.25) is 9.36 Å².